The predicted molar refractivity (Wildman–Crippen MR) is 149 cm³/mol. The molecule has 3 rings (SSSR count). The molecule has 2 aromatic rings. The van der Waals surface area contributed by atoms with Crippen molar-refractivity contribution in [1.82, 2.24) is 15.8 Å². The Morgan fingerprint density at radius 3 is 2.03 bits per heavy atom. The third kappa shape index (κ3) is 9.79. The Bertz CT molecular complexity index is 1040. The van der Waals surface area contributed by atoms with Crippen molar-refractivity contribution in [2.45, 2.75) is 39.0 Å². The normalized spacial score (nSPS) is 13.1. The van der Waals surface area contributed by atoms with Crippen LogP contribution < -0.4 is 20.5 Å². The number of carbonyl (C=O) groups is 3. The van der Waals surface area contributed by atoms with Gasteiger partial charge in [-0.15, -0.1) is 0 Å². The van der Waals surface area contributed by atoms with Gasteiger partial charge in [0, 0.05) is 51.1 Å². The number of ether oxygens (including phenoxy) is 3. The fraction of sp³-hybridized carbons (Fsp3) is 0.483. The van der Waals surface area contributed by atoms with Crippen LogP contribution in [-0.2, 0) is 9.47 Å². The van der Waals surface area contributed by atoms with Crippen LogP contribution in [0.25, 0.3) is 0 Å². The number of amides is 3. The molecule has 0 radical (unpaired) electrons. The van der Waals surface area contributed by atoms with Crippen LogP contribution >= 0.6 is 0 Å². The van der Waals surface area contributed by atoms with E-state index in [0.717, 1.165) is 31.6 Å². The summed E-state index contributed by atoms with van der Waals surface area (Å²) in [4.78, 5) is 40.7. The van der Waals surface area contributed by atoms with Crippen LogP contribution in [0, 0.1) is 0 Å². The first-order valence-electron chi connectivity index (χ1n) is 13.6. The fourth-order valence-corrected chi connectivity index (χ4v) is 4.22. The summed E-state index contributed by atoms with van der Waals surface area (Å²) >= 11 is 0. The largest absolute Gasteiger partial charge is 0.494 e. The highest BCUT2D eigenvalue weighted by Crippen LogP contribution is 2.18. The number of hydrogen-bond donors (Lipinski definition) is 2. The summed E-state index contributed by atoms with van der Waals surface area (Å²) in [5.74, 6) is -0.0258. The van der Waals surface area contributed by atoms with Crippen LogP contribution in [0.15, 0.2) is 48.5 Å². The number of hydrazine groups is 1. The van der Waals surface area contributed by atoms with Gasteiger partial charge in [-0.1, -0.05) is 19.3 Å². The third-order valence-corrected chi connectivity index (χ3v) is 6.47. The van der Waals surface area contributed by atoms with E-state index < -0.39 is 5.91 Å². The van der Waals surface area contributed by atoms with Crippen LogP contribution in [0.1, 0.15) is 59.7 Å². The average molecular weight is 541 g/mol. The molecule has 1 saturated heterocycles. The second kappa shape index (κ2) is 16.2. The van der Waals surface area contributed by atoms with E-state index in [9.17, 15) is 14.4 Å². The molecule has 0 aromatic heterocycles. The molecule has 0 spiro atoms. The summed E-state index contributed by atoms with van der Waals surface area (Å²) in [7, 11) is 1.72. The number of nitrogens with one attached hydrogen (secondary N) is 2. The second-order valence-electron chi connectivity index (χ2n) is 9.26. The van der Waals surface area contributed by atoms with Crippen molar-refractivity contribution in [1.29, 1.82) is 0 Å². The lowest BCUT2D eigenvalue weighted by Gasteiger charge is -2.36. The fourth-order valence-electron chi connectivity index (χ4n) is 4.22. The molecule has 2 aromatic carbocycles. The van der Waals surface area contributed by atoms with E-state index in [-0.39, 0.29) is 12.0 Å². The quantitative estimate of drug-likeness (QED) is 0.224. The van der Waals surface area contributed by atoms with Gasteiger partial charge in [-0.05, 0) is 68.3 Å². The van der Waals surface area contributed by atoms with Crippen molar-refractivity contribution >= 4 is 23.6 Å². The number of esters is 1. The molecule has 1 aliphatic heterocycles. The summed E-state index contributed by atoms with van der Waals surface area (Å²) < 4.78 is 15.8. The monoisotopic (exact) mass is 540 g/mol. The van der Waals surface area contributed by atoms with Gasteiger partial charge in [-0.3, -0.25) is 10.2 Å². The van der Waals surface area contributed by atoms with Gasteiger partial charge in [0.15, 0.2) is 0 Å². The number of piperazine rings is 1. The predicted octanol–water partition coefficient (Wildman–Crippen LogP) is 4.02. The minimum Gasteiger partial charge on any atom is -0.494 e. The highest BCUT2D eigenvalue weighted by Gasteiger charge is 2.22. The van der Waals surface area contributed by atoms with E-state index in [0.29, 0.717) is 56.3 Å². The molecule has 1 aliphatic rings. The van der Waals surface area contributed by atoms with Crippen molar-refractivity contribution in [3.05, 3.63) is 59.7 Å². The van der Waals surface area contributed by atoms with Gasteiger partial charge in [0.25, 0.3) is 5.91 Å². The van der Waals surface area contributed by atoms with Crippen molar-refractivity contribution in [2.75, 3.05) is 58.0 Å². The molecule has 2 N–H and O–H groups in total. The SMILES string of the molecule is CCOC(=O)c1ccc(N2CCN(C(=O)NNC(=O)c3ccc(OCCCCCCCOC)cc3)CC2)cc1. The van der Waals surface area contributed by atoms with Crippen LogP contribution in [0.2, 0.25) is 0 Å². The summed E-state index contributed by atoms with van der Waals surface area (Å²) in [6, 6.07) is 13.8. The molecule has 3 amide bonds. The summed E-state index contributed by atoms with van der Waals surface area (Å²) in [5.41, 5.74) is 6.89. The lowest BCUT2D eigenvalue weighted by atomic mass is 10.1. The molecule has 10 heteroatoms. The van der Waals surface area contributed by atoms with Crippen molar-refractivity contribution < 1.29 is 28.6 Å². The summed E-state index contributed by atoms with van der Waals surface area (Å²) in [5, 5.41) is 0. The molecule has 39 heavy (non-hydrogen) atoms. The maximum atomic E-state index is 12.6. The maximum absolute atomic E-state index is 12.6. The number of carbonyl (C=O) groups excluding carboxylic acids is 3. The van der Waals surface area contributed by atoms with Crippen LogP contribution in [-0.4, -0.2) is 75.9 Å². The number of methoxy groups -OCH3 is 1. The molecule has 1 heterocycles. The molecule has 10 nitrogen and oxygen atoms in total. The van der Waals surface area contributed by atoms with Gasteiger partial charge in [0.2, 0.25) is 0 Å². The maximum Gasteiger partial charge on any atom is 0.338 e. The molecule has 0 aliphatic carbocycles. The Morgan fingerprint density at radius 1 is 0.769 bits per heavy atom. The number of anilines is 1. The zero-order valence-corrected chi connectivity index (χ0v) is 22.9. The molecule has 212 valence electrons. The molecule has 0 bridgehead atoms. The molecular formula is C29H40N4O6. The third-order valence-electron chi connectivity index (χ3n) is 6.47. The number of urea groups is 1. The van der Waals surface area contributed by atoms with Gasteiger partial charge in [0.05, 0.1) is 18.8 Å². The zero-order valence-electron chi connectivity index (χ0n) is 22.9. The topological polar surface area (TPSA) is 109 Å². The van der Waals surface area contributed by atoms with Crippen molar-refractivity contribution in [3.63, 3.8) is 0 Å². The summed E-state index contributed by atoms with van der Waals surface area (Å²) in [6.45, 7) is 5.83. The lowest BCUT2D eigenvalue weighted by Crippen LogP contribution is -2.55. The van der Waals surface area contributed by atoms with E-state index in [1.165, 1.54) is 12.8 Å². The van der Waals surface area contributed by atoms with Crippen LogP contribution in [0.5, 0.6) is 5.75 Å². The Labute approximate surface area is 230 Å². The number of unbranched alkanes of at least 4 members (excludes halogenated alkanes) is 4. The summed E-state index contributed by atoms with van der Waals surface area (Å²) in [6.07, 6.45) is 5.52. The van der Waals surface area contributed by atoms with E-state index in [2.05, 4.69) is 15.8 Å². The van der Waals surface area contributed by atoms with Gasteiger partial charge >= 0.3 is 12.0 Å². The molecule has 0 unspecified atom stereocenters. The smallest absolute Gasteiger partial charge is 0.338 e. The molecule has 1 fully saturated rings. The lowest BCUT2D eigenvalue weighted by molar-refractivity contribution is 0.0526. The van der Waals surface area contributed by atoms with Crippen molar-refractivity contribution in [3.8, 4) is 5.75 Å². The highest BCUT2D eigenvalue weighted by atomic mass is 16.5. The average Bonchev–Trinajstić information content (AvgIpc) is 2.97. The van der Waals surface area contributed by atoms with Gasteiger partial charge in [0.1, 0.15) is 5.75 Å². The van der Waals surface area contributed by atoms with E-state index in [1.807, 2.05) is 12.1 Å². The standard InChI is InChI=1S/C29H40N4O6/c1-3-38-28(35)24-9-13-25(14-10-24)32-17-19-33(20-18-32)29(36)31-30-27(34)23-11-15-26(16-12-23)39-22-8-6-4-5-7-21-37-2/h9-16H,3-8,17-22H2,1-2H3,(H,30,34)(H,31,36). The Balaban J connectivity index is 1.33. The minimum atomic E-state index is -0.397. The number of hydrogen-bond acceptors (Lipinski definition) is 7. The molecular weight excluding hydrogens is 500 g/mol. The van der Waals surface area contributed by atoms with E-state index in [4.69, 9.17) is 14.2 Å². The first-order chi connectivity index (χ1) is 19.0. The molecule has 0 atom stereocenters. The first-order valence-corrected chi connectivity index (χ1v) is 13.6. The van der Waals surface area contributed by atoms with Crippen LogP contribution in [0.3, 0.4) is 0 Å². The second-order valence-corrected chi connectivity index (χ2v) is 9.26. The van der Waals surface area contributed by atoms with Gasteiger partial charge < -0.3 is 24.0 Å². The Hall–Kier alpha value is -3.79. The number of nitrogens with zero attached hydrogens (tertiary/aromatic N) is 2. The van der Waals surface area contributed by atoms with Gasteiger partial charge in [-0.25, -0.2) is 15.0 Å². The highest BCUT2D eigenvalue weighted by molar-refractivity contribution is 5.95. The van der Waals surface area contributed by atoms with E-state index in [1.54, 1.807) is 55.3 Å². The number of benzene rings is 2. The zero-order chi connectivity index (χ0) is 27.9. The first kappa shape index (κ1) is 29.8. The Kier molecular flexibility index (Phi) is 12.4. The Morgan fingerprint density at radius 2 is 1.38 bits per heavy atom. The van der Waals surface area contributed by atoms with Crippen LogP contribution in [0.4, 0.5) is 10.5 Å². The molecule has 0 saturated carbocycles. The number of rotatable bonds is 13. The van der Waals surface area contributed by atoms with E-state index >= 15 is 0 Å². The van der Waals surface area contributed by atoms with Crippen molar-refractivity contribution in [2.24, 2.45) is 0 Å². The minimum absolute atomic E-state index is 0.336. The van der Waals surface area contributed by atoms with Gasteiger partial charge in [-0.2, -0.15) is 0 Å².